The molecule has 0 saturated carbocycles. The van der Waals surface area contributed by atoms with E-state index in [1.165, 1.54) is 11.8 Å². The SMILES string of the molecule is CC(=O)c1ccc(NC(=O)C(=O)N(Cc2ccccc2)c2ccccc2)cc1. The number of hydrogen-bond donors (Lipinski definition) is 1. The standard InChI is InChI=1S/C23H20N2O3/c1-17(26)19-12-14-20(15-13-19)24-22(27)23(28)25(21-10-6-3-7-11-21)16-18-8-4-2-5-9-18/h2-15H,16H2,1H3,(H,24,27). The summed E-state index contributed by atoms with van der Waals surface area (Å²) in [7, 11) is 0. The van der Waals surface area contributed by atoms with Crippen LogP contribution in [0, 0.1) is 0 Å². The van der Waals surface area contributed by atoms with Gasteiger partial charge in [-0.25, -0.2) is 0 Å². The van der Waals surface area contributed by atoms with Crippen molar-refractivity contribution in [1.29, 1.82) is 0 Å². The molecule has 0 fully saturated rings. The van der Waals surface area contributed by atoms with Gasteiger partial charge in [-0.2, -0.15) is 0 Å². The van der Waals surface area contributed by atoms with Crippen LogP contribution in [0.1, 0.15) is 22.8 Å². The van der Waals surface area contributed by atoms with Crippen molar-refractivity contribution in [3.63, 3.8) is 0 Å². The summed E-state index contributed by atoms with van der Waals surface area (Å²) in [6.07, 6.45) is 0. The zero-order valence-corrected chi connectivity index (χ0v) is 15.5. The number of para-hydroxylation sites is 1. The first-order valence-electron chi connectivity index (χ1n) is 8.87. The Kier molecular flexibility index (Phi) is 5.97. The lowest BCUT2D eigenvalue weighted by atomic mass is 10.1. The summed E-state index contributed by atoms with van der Waals surface area (Å²) in [5.74, 6) is -1.46. The molecule has 2 amide bonds. The fourth-order valence-electron chi connectivity index (χ4n) is 2.75. The second-order valence-corrected chi connectivity index (χ2v) is 6.30. The van der Waals surface area contributed by atoms with Crippen molar-refractivity contribution in [3.8, 4) is 0 Å². The van der Waals surface area contributed by atoms with Crippen LogP contribution in [0.5, 0.6) is 0 Å². The second-order valence-electron chi connectivity index (χ2n) is 6.30. The third kappa shape index (κ3) is 4.71. The molecule has 0 aliphatic heterocycles. The van der Waals surface area contributed by atoms with Crippen molar-refractivity contribution in [3.05, 3.63) is 96.1 Å². The molecule has 3 aromatic rings. The van der Waals surface area contributed by atoms with Crippen LogP contribution in [0.3, 0.4) is 0 Å². The van der Waals surface area contributed by atoms with Gasteiger partial charge in [0.1, 0.15) is 0 Å². The van der Waals surface area contributed by atoms with Gasteiger partial charge >= 0.3 is 11.8 Å². The number of carbonyl (C=O) groups excluding carboxylic acids is 3. The van der Waals surface area contributed by atoms with Gasteiger partial charge in [-0.05, 0) is 48.9 Å². The maximum absolute atomic E-state index is 12.9. The minimum absolute atomic E-state index is 0.0629. The number of ketones is 1. The Morgan fingerprint density at radius 3 is 1.93 bits per heavy atom. The first-order valence-corrected chi connectivity index (χ1v) is 8.87. The number of rotatable bonds is 5. The van der Waals surface area contributed by atoms with Gasteiger partial charge in [-0.15, -0.1) is 0 Å². The van der Waals surface area contributed by atoms with Crippen LogP contribution in [0.25, 0.3) is 0 Å². The summed E-state index contributed by atoms with van der Waals surface area (Å²) in [4.78, 5) is 38.3. The van der Waals surface area contributed by atoms with E-state index in [9.17, 15) is 14.4 Å². The van der Waals surface area contributed by atoms with Crippen LogP contribution in [0.4, 0.5) is 11.4 Å². The average Bonchev–Trinajstić information content (AvgIpc) is 2.73. The number of hydrogen-bond acceptors (Lipinski definition) is 3. The summed E-state index contributed by atoms with van der Waals surface area (Å²) in [6, 6.07) is 25.0. The predicted octanol–water partition coefficient (Wildman–Crippen LogP) is 4.06. The molecule has 5 nitrogen and oxygen atoms in total. The Morgan fingerprint density at radius 1 is 0.786 bits per heavy atom. The highest BCUT2D eigenvalue weighted by atomic mass is 16.2. The molecular formula is C23H20N2O3. The van der Waals surface area contributed by atoms with E-state index in [0.29, 0.717) is 16.9 Å². The van der Waals surface area contributed by atoms with E-state index < -0.39 is 11.8 Å². The van der Waals surface area contributed by atoms with Crippen LogP contribution in [0.15, 0.2) is 84.9 Å². The van der Waals surface area contributed by atoms with Gasteiger partial charge in [-0.3, -0.25) is 19.3 Å². The third-order valence-corrected chi connectivity index (χ3v) is 4.24. The molecule has 0 bridgehead atoms. The normalized spacial score (nSPS) is 10.2. The van der Waals surface area contributed by atoms with Gasteiger partial charge in [0.2, 0.25) is 0 Å². The fraction of sp³-hybridized carbons (Fsp3) is 0.0870. The number of amides is 2. The molecule has 0 aliphatic carbocycles. The Morgan fingerprint density at radius 2 is 1.36 bits per heavy atom. The maximum atomic E-state index is 12.9. The van der Waals surface area contributed by atoms with E-state index in [1.807, 2.05) is 48.5 Å². The molecule has 0 heterocycles. The molecule has 5 heteroatoms. The predicted molar refractivity (Wildman–Crippen MR) is 109 cm³/mol. The largest absolute Gasteiger partial charge is 0.318 e. The highest BCUT2D eigenvalue weighted by molar-refractivity contribution is 6.44. The highest BCUT2D eigenvalue weighted by Gasteiger charge is 2.23. The summed E-state index contributed by atoms with van der Waals surface area (Å²) >= 11 is 0. The van der Waals surface area contributed by atoms with Gasteiger partial charge in [0, 0.05) is 16.9 Å². The minimum atomic E-state index is -0.740. The Bertz CT molecular complexity index is 968. The minimum Gasteiger partial charge on any atom is -0.318 e. The van der Waals surface area contributed by atoms with Gasteiger partial charge in [0.25, 0.3) is 0 Å². The lowest BCUT2D eigenvalue weighted by Gasteiger charge is -2.22. The van der Waals surface area contributed by atoms with E-state index in [2.05, 4.69) is 5.32 Å². The first kappa shape index (κ1) is 19.0. The fourth-order valence-corrected chi connectivity index (χ4v) is 2.75. The average molecular weight is 372 g/mol. The molecule has 28 heavy (non-hydrogen) atoms. The summed E-state index contributed by atoms with van der Waals surface area (Å²) in [5.41, 5.74) is 2.55. The number of carbonyl (C=O) groups is 3. The number of anilines is 2. The van der Waals surface area contributed by atoms with Gasteiger partial charge in [0.15, 0.2) is 5.78 Å². The Hall–Kier alpha value is -3.73. The molecule has 140 valence electrons. The highest BCUT2D eigenvalue weighted by Crippen LogP contribution is 2.18. The molecular weight excluding hydrogens is 352 g/mol. The number of nitrogens with zero attached hydrogens (tertiary/aromatic N) is 1. The van der Waals surface area contributed by atoms with Crippen molar-refractivity contribution in [2.24, 2.45) is 0 Å². The molecule has 0 atom stereocenters. The maximum Gasteiger partial charge on any atom is 0.316 e. The van der Waals surface area contributed by atoms with Crippen molar-refractivity contribution in [2.75, 3.05) is 10.2 Å². The van der Waals surface area contributed by atoms with E-state index in [-0.39, 0.29) is 12.3 Å². The van der Waals surface area contributed by atoms with E-state index >= 15 is 0 Å². The van der Waals surface area contributed by atoms with E-state index in [1.54, 1.807) is 36.4 Å². The molecule has 0 saturated heterocycles. The van der Waals surface area contributed by atoms with Crippen LogP contribution < -0.4 is 10.2 Å². The van der Waals surface area contributed by atoms with Crippen molar-refractivity contribution in [2.45, 2.75) is 13.5 Å². The molecule has 1 N–H and O–H groups in total. The molecule has 0 aliphatic rings. The number of nitrogens with one attached hydrogen (secondary N) is 1. The molecule has 0 aromatic heterocycles. The molecule has 3 aromatic carbocycles. The van der Waals surface area contributed by atoms with Crippen LogP contribution in [0.2, 0.25) is 0 Å². The lowest BCUT2D eigenvalue weighted by molar-refractivity contribution is -0.134. The van der Waals surface area contributed by atoms with Crippen molar-refractivity contribution in [1.82, 2.24) is 0 Å². The van der Waals surface area contributed by atoms with Gasteiger partial charge in [-0.1, -0.05) is 48.5 Å². The smallest absolute Gasteiger partial charge is 0.316 e. The van der Waals surface area contributed by atoms with Crippen molar-refractivity contribution >= 4 is 29.0 Å². The zero-order chi connectivity index (χ0) is 19.9. The quantitative estimate of drug-likeness (QED) is 0.542. The molecule has 0 radical (unpaired) electrons. The summed E-state index contributed by atoms with van der Waals surface area (Å²) in [6.45, 7) is 1.75. The lowest BCUT2D eigenvalue weighted by Crippen LogP contribution is -2.39. The first-order chi connectivity index (χ1) is 13.5. The zero-order valence-electron chi connectivity index (χ0n) is 15.5. The number of benzene rings is 3. The topological polar surface area (TPSA) is 66.5 Å². The summed E-state index contributed by atoms with van der Waals surface area (Å²) in [5, 5.41) is 2.60. The number of Topliss-reactive ketones (excluding diaryl/α,β-unsaturated/α-hetero) is 1. The third-order valence-electron chi connectivity index (χ3n) is 4.24. The van der Waals surface area contributed by atoms with Gasteiger partial charge in [0.05, 0.1) is 6.54 Å². The van der Waals surface area contributed by atoms with Crippen LogP contribution in [-0.4, -0.2) is 17.6 Å². The van der Waals surface area contributed by atoms with Crippen LogP contribution in [-0.2, 0) is 16.1 Å². The van der Waals surface area contributed by atoms with E-state index in [4.69, 9.17) is 0 Å². The van der Waals surface area contributed by atoms with E-state index in [0.717, 1.165) is 5.56 Å². The van der Waals surface area contributed by atoms with Crippen molar-refractivity contribution < 1.29 is 14.4 Å². The monoisotopic (exact) mass is 372 g/mol. The second kappa shape index (κ2) is 8.77. The van der Waals surface area contributed by atoms with Gasteiger partial charge < -0.3 is 5.32 Å². The molecule has 3 rings (SSSR count). The molecule has 0 spiro atoms. The Balaban J connectivity index is 1.79. The summed E-state index contributed by atoms with van der Waals surface area (Å²) < 4.78 is 0. The Labute approximate surface area is 163 Å². The van der Waals surface area contributed by atoms with Crippen LogP contribution >= 0.6 is 0 Å². The molecule has 0 unspecified atom stereocenters.